The SMILES string of the molecule is O=P(CP(=[Se])(c1ccccc1)c1ccccc1)(c1ccccc1)c1ccccc1. The number of hydrogen-bond acceptors (Lipinski definition) is 1. The molecule has 4 aromatic carbocycles. The first-order chi connectivity index (χ1) is 14.1. The molecule has 144 valence electrons. The molecule has 0 aliphatic carbocycles. The van der Waals surface area contributed by atoms with Crippen LogP contribution in [0.4, 0.5) is 0 Å². The quantitative estimate of drug-likeness (QED) is 0.289. The van der Waals surface area contributed by atoms with Crippen LogP contribution in [0.5, 0.6) is 0 Å². The van der Waals surface area contributed by atoms with Crippen LogP contribution in [0.3, 0.4) is 0 Å². The summed E-state index contributed by atoms with van der Waals surface area (Å²) < 4.78 is 14.8. The van der Waals surface area contributed by atoms with Crippen molar-refractivity contribution in [3.8, 4) is 0 Å². The van der Waals surface area contributed by atoms with E-state index in [0.717, 1.165) is 10.6 Å². The Hall–Kier alpha value is -1.94. The first-order valence-corrected chi connectivity index (χ1v) is 15.6. The van der Waals surface area contributed by atoms with Crippen molar-refractivity contribution in [1.29, 1.82) is 0 Å². The van der Waals surface area contributed by atoms with E-state index in [2.05, 4.69) is 63.6 Å². The maximum atomic E-state index is 14.8. The van der Waals surface area contributed by atoms with E-state index >= 15 is 0 Å². The van der Waals surface area contributed by atoms with Crippen molar-refractivity contribution in [2.75, 3.05) is 5.90 Å². The van der Waals surface area contributed by atoms with Crippen molar-refractivity contribution in [2.24, 2.45) is 0 Å². The van der Waals surface area contributed by atoms with E-state index in [1.165, 1.54) is 10.6 Å². The fourth-order valence-electron chi connectivity index (χ4n) is 3.58. The summed E-state index contributed by atoms with van der Waals surface area (Å²) in [6.07, 6.45) is 0. The molecule has 0 radical (unpaired) electrons. The molecule has 4 aromatic rings. The Kier molecular flexibility index (Phi) is 6.19. The second kappa shape index (κ2) is 8.83. The molecule has 0 bridgehead atoms. The van der Waals surface area contributed by atoms with E-state index in [-0.39, 0.29) is 0 Å². The molecule has 0 atom stereocenters. The standard InChI is InChI=1S/C25H22OP2Se/c26-27(22-13-5-1-6-14-22,23-15-7-2-8-16-23)21-28(29,24-17-9-3-10-18-24)25-19-11-4-12-20-25/h1-20H,21H2. The molecule has 0 unspecified atom stereocenters. The Morgan fingerprint density at radius 2 is 0.759 bits per heavy atom. The predicted octanol–water partition coefficient (Wildman–Crippen LogP) is 4.71. The van der Waals surface area contributed by atoms with Gasteiger partial charge in [0.15, 0.2) is 0 Å². The summed E-state index contributed by atoms with van der Waals surface area (Å²) in [5.74, 6) is 0.585. The van der Waals surface area contributed by atoms with Crippen molar-refractivity contribution in [3.63, 3.8) is 0 Å². The van der Waals surface area contributed by atoms with Crippen molar-refractivity contribution in [2.45, 2.75) is 0 Å². The number of hydrogen-bond donors (Lipinski definition) is 0. The first-order valence-electron chi connectivity index (χ1n) is 9.53. The van der Waals surface area contributed by atoms with Gasteiger partial charge in [0, 0.05) is 0 Å². The van der Waals surface area contributed by atoms with Crippen LogP contribution in [0, 0.1) is 0 Å². The fraction of sp³-hybridized carbons (Fsp3) is 0.0400. The van der Waals surface area contributed by atoms with Gasteiger partial charge in [-0.25, -0.2) is 0 Å². The van der Waals surface area contributed by atoms with Gasteiger partial charge in [-0.2, -0.15) is 0 Å². The fourth-order valence-corrected chi connectivity index (χ4v) is 16.3. The van der Waals surface area contributed by atoms with Crippen molar-refractivity contribution < 1.29 is 4.57 Å². The molecule has 0 aliphatic heterocycles. The van der Waals surface area contributed by atoms with Gasteiger partial charge >= 0.3 is 181 Å². The van der Waals surface area contributed by atoms with Gasteiger partial charge in [-0.1, -0.05) is 0 Å². The third-order valence-corrected chi connectivity index (χ3v) is 17.6. The van der Waals surface area contributed by atoms with Gasteiger partial charge in [0.25, 0.3) is 0 Å². The molecule has 0 fully saturated rings. The summed E-state index contributed by atoms with van der Waals surface area (Å²) in [6, 6.07) is 40.9. The van der Waals surface area contributed by atoms with E-state index in [0.29, 0.717) is 5.90 Å². The van der Waals surface area contributed by atoms with Crippen LogP contribution in [0.2, 0.25) is 0 Å². The minimum atomic E-state index is -2.86. The summed E-state index contributed by atoms with van der Waals surface area (Å²) in [7, 11) is -2.86. The Morgan fingerprint density at radius 3 is 1.07 bits per heavy atom. The molecular formula is C25H22OP2Se. The Morgan fingerprint density at radius 1 is 0.483 bits per heavy atom. The molecule has 0 amide bonds. The summed E-state index contributed by atoms with van der Waals surface area (Å²) >= 11 is 3.56. The molecule has 0 heterocycles. The maximum absolute atomic E-state index is 14.8. The second-order valence-electron chi connectivity index (χ2n) is 6.96. The van der Waals surface area contributed by atoms with Crippen LogP contribution in [-0.2, 0) is 4.57 Å². The Balaban J connectivity index is 1.93. The molecule has 4 heteroatoms. The zero-order valence-electron chi connectivity index (χ0n) is 16.0. The van der Waals surface area contributed by atoms with Gasteiger partial charge < -0.3 is 0 Å². The van der Waals surface area contributed by atoms with Gasteiger partial charge in [-0.3, -0.25) is 0 Å². The molecule has 0 saturated heterocycles. The van der Waals surface area contributed by atoms with Crippen LogP contribution < -0.4 is 21.2 Å². The summed E-state index contributed by atoms with van der Waals surface area (Å²) in [4.78, 5) is 0. The van der Waals surface area contributed by atoms with E-state index < -0.39 is 12.7 Å². The predicted molar refractivity (Wildman–Crippen MR) is 129 cm³/mol. The average molecular weight is 479 g/mol. The average Bonchev–Trinajstić information content (AvgIpc) is 2.81. The van der Waals surface area contributed by atoms with E-state index in [1.807, 2.05) is 72.8 Å². The summed E-state index contributed by atoms with van der Waals surface area (Å²) in [5.41, 5.74) is -2.01. The topological polar surface area (TPSA) is 17.1 Å². The third-order valence-electron chi connectivity index (χ3n) is 5.09. The molecule has 0 aromatic heterocycles. The van der Waals surface area contributed by atoms with Crippen molar-refractivity contribution >= 4 is 49.0 Å². The van der Waals surface area contributed by atoms with Gasteiger partial charge in [0.2, 0.25) is 0 Å². The zero-order valence-corrected chi connectivity index (χ0v) is 19.5. The van der Waals surface area contributed by atoms with E-state index in [9.17, 15) is 4.57 Å². The van der Waals surface area contributed by atoms with Crippen LogP contribution in [0.1, 0.15) is 0 Å². The van der Waals surface area contributed by atoms with Gasteiger partial charge in [-0.15, -0.1) is 0 Å². The van der Waals surface area contributed by atoms with Gasteiger partial charge in [0.1, 0.15) is 0 Å². The molecule has 0 N–H and O–H groups in total. The molecule has 0 aliphatic rings. The monoisotopic (exact) mass is 480 g/mol. The van der Waals surface area contributed by atoms with E-state index in [1.54, 1.807) is 0 Å². The zero-order chi connectivity index (χ0) is 20.2. The van der Waals surface area contributed by atoms with E-state index in [4.69, 9.17) is 0 Å². The van der Waals surface area contributed by atoms with Crippen LogP contribution >= 0.6 is 12.7 Å². The van der Waals surface area contributed by atoms with Crippen molar-refractivity contribution in [3.05, 3.63) is 121 Å². The summed E-state index contributed by atoms with van der Waals surface area (Å²) in [6.45, 7) is 0. The van der Waals surface area contributed by atoms with Crippen LogP contribution in [0.25, 0.3) is 0 Å². The van der Waals surface area contributed by atoms with Crippen LogP contribution in [0.15, 0.2) is 121 Å². The van der Waals surface area contributed by atoms with Crippen molar-refractivity contribution in [1.82, 2.24) is 0 Å². The second-order valence-corrected chi connectivity index (χ2v) is 17.0. The molecule has 0 spiro atoms. The third kappa shape index (κ3) is 4.18. The Labute approximate surface area is 180 Å². The normalized spacial score (nSPS) is 11.9. The molecule has 29 heavy (non-hydrogen) atoms. The Bertz CT molecular complexity index is 979. The van der Waals surface area contributed by atoms with Gasteiger partial charge in [0.05, 0.1) is 0 Å². The van der Waals surface area contributed by atoms with Gasteiger partial charge in [-0.05, 0) is 0 Å². The number of rotatable bonds is 6. The summed E-state index contributed by atoms with van der Waals surface area (Å²) in [5, 5.41) is 4.30. The molecular weight excluding hydrogens is 457 g/mol. The first kappa shape index (κ1) is 20.3. The molecule has 0 saturated carbocycles. The number of benzene rings is 4. The van der Waals surface area contributed by atoms with Crippen LogP contribution in [-0.4, -0.2) is 21.0 Å². The molecule has 1 nitrogen and oxygen atoms in total. The molecule has 4 rings (SSSR count). The minimum absolute atomic E-state index is 0.585.